The molecule has 3 nitrogen and oxygen atoms in total. The molecule has 1 heterocycles. The summed E-state index contributed by atoms with van der Waals surface area (Å²) in [6, 6.07) is 4.74. The number of nitrogens with one attached hydrogen (secondary N) is 1. The first kappa shape index (κ1) is 14.1. The van der Waals surface area contributed by atoms with Gasteiger partial charge in [-0.3, -0.25) is 4.98 Å². The van der Waals surface area contributed by atoms with E-state index in [1.54, 1.807) is 0 Å². The average molecular weight is 235 g/mol. The molecule has 1 aromatic heterocycles. The van der Waals surface area contributed by atoms with Gasteiger partial charge in [0, 0.05) is 38.1 Å². The topological polar surface area (TPSA) is 28.2 Å². The maximum atomic E-state index is 4.13. The van der Waals surface area contributed by atoms with Gasteiger partial charge in [-0.1, -0.05) is 19.4 Å². The second-order valence-corrected chi connectivity index (χ2v) is 4.74. The van der Waals surface area contributed by atoms with E-state index in [4.69, 9.17) is 0 Å². The number of pyridine rings is 1. The predicted octanol–water partition coefficient (Wildman–Crippen LogP) is 2.29. The molecule has 0 aromatic carbocycles. The molecule has 1 aromatic rings. The second kappa shape index (κ2) is 8.20. The fourth-order valence-corrected chi connectivity index (χ4v) is 1.92. The molecule has 17 heavy (non-hydrogen) atoms. The lowest BCUT2D eigenvalue weighted by Crippen LogP contribution is -2.34. The summed E-state index contributed by atoms with van der Waals surface area (Å²) in [7, 11) is 2.15. The minimum absolute atomic E-state index is 0.631. The van der Waals surface area contributed by atoms with E-state index < -0.39 is 0 Å². The summed E-state index contributed by atoms with van der Waals surface area (Å²) in [6.07, 6.45) is 6.26. The Hall–Kier alpha value is -0.930. The van der Waals surface area contributed by atoms with Crippen LogP contribution in [0.25, 0.3) is 0 Å². The molecule has 0 bridgehead atoms. The molecule has 0 saturated carbocycles. The molecule has 0 spiro atoms. The van der Waals surface area contributed by atoms with Crippen molar-refractivity contribution in [2.75, 3.05) is 20.1 Å². The molecule has 1 atom stereocenters. The minimum Gasteiger partial charge on any atom is -0.313 e. The van der Waals surface area contributed by atoms with Crippen molar-refractivity contribution < 1.29 is 0 Å². The second-order valence-electron chi connectivity index (χ2n) is 4.74. The zero-order valence-corrected chi connectivity index (χ0v) is 11.3. The fourth-order valence-electron chi connectivity index (χ4n) is 1.92. The van der Waals surface area contributed by atoms with Crippen LogP contribution in [0.2, 0.25) is 0 Å². The molecule has 0 fully saturated rings. The van der Waals surface area contributed by atoms with Gasteiger partial charge in [0.05, 0.1) is 0 Å². The van der Waals surface area contributed by atoms with Crippen molar-refractivity contribution in [2.24, 2.45) is 0 Å². The van der Waals surface area contributed by atoms with Crippen LogP contribution in [0.15, 0.2) is 24.5 Å². The molecule has 0 aliphatic heterocycles. The summed E-state index contributed by atoms with van der Waals surface area (Å²) in [5.74, 6) is 0. The van der Waals surface area contributed by atoms with Crippen LogP contribution in [0, 0.1) is 0 Å². The first-order chi connectivity index (χ1) is 8.22. The number of nitrogens with zero attached hydrogens (tertiary/aromatic N) is 2. The average Bonchev–Trinajstić information content (AvgIpc) is 2.30. The van der Waals surface area contributed by atoms with E-state index in [-0.39, 0.29) is 0 Å². The smallest absolute Gasteiger partial charge is 0.0312 e. The number of likely N-dealkylation sites (N-methyl/N-ethyl adjacent to an activating group) is 1. The van der Waals surface area contributed by atoms with Gasteiger partial charge in [-0.05, 0) is 32.0 Å². The van der Waals surface area contributed by atoms with Crippen LogP contribution in [0.4, 0.5) is 0 Å². The van der Waals surface area contributed by atoms with Crippen LogP contribution >= 0.6 is 0 Å². The third-order valence-corrected chi connectivity index (χ3v) is 2.88. The van der Waals surface area contributed by atoms with Crippen molar-refractivity contribution in [1.82, 2.24) is 15.2 Å². The fraction of sp³-hybridized carbons (Fsp3) is 0.643. The highest BCUT2D eigenvalue weighted by molar-refractivity contribution is 5.07. The van der Waals surface area contributed by atoms with Gasteiger partial charge in [0.25, 0.3) is 0 Å². The zero-order chi connectivity index (χ0) is 12.5. The Bertz CT molecular complexity index is 287. The molecule has 1 N–H and O–H groups in total. The third-order valence-electron chi connectivity index (χ3n) is 2.88. The monoisotopic (exact) mass is 235 g/mol. The largest absolute Gasteiger partial charge is 0.313 e. The molecule has 1 unspecified atom stereocenters. The van der Waals surface area contributed by atoms with Crippen molar-refractivity contribution >= 4 is 0 Å². The van der Waals surface area contributed by atoms with Crippen molar-refractivity contribution in [3.05, 3.63) is 30.1 Å². The lowest BCUT2D eigenvalue weighted by Gasteiger charge is -2.19. The third kappa shape index (κ3) is 6.39. The molecule has 96 valence electrons. The maximum Gasteiger partial charge on any atom is 0.0312 e. The molecule has 1 rings (SSSR count). The summed E-state index contributed by atoms with van der Waals surface area (Å²) >= 11 is 0. The van der Waals surface area contributed by atoms with Crippen molar-refractivity contribution in [1.29, 1.82) is 0 Å². The van der Waals surface area contributed by atoms with Crippen molar-refractivity contribution in [3.8, 4) is 0 Å². The summed E-state index contributed by atoms with van der Waals surface area (Å²) < 4.78 is 0. The Balaban J connectivity index is 2.15. The van der Waals surface area contributed by atoms with Crippen LogP contribution in [0.3, 0.4) is 0 Å². The number of aromatic nitrogens is 1. The molecular formula is C14H25N3. The van der Waals surface area contributed by atoms with E-state index in [9.17, 15) is 0 Å². The summed E-state index contributed by atoms with van der Waals surface area (Å²) in [5, 5.41) is 3.54. The van der Waals surface area contributed by atoms with E-state index in [2.05, 4.69) is 42.2 Å². The summed E-state index contributed by atoms with van der Waals surface area (Å²) in [5.41, 5.74) is 1.27. The highest BCUT2D eigenvalue weighted by atomic mass is 15.1. The van der Waals surface area contributed by atoms with Crippen LogP contribution in [-0.4, -0.2) is 36.1 Å². The Morgan fingerprint density at radius 2 is 2.29 bits per heavy atom. The van der Waals surface area contributed by atoms with E-state index in [0.717, 1.165) is 19.6 Å². The lowest BCUT2D eigenvalue weighted by atomic mass is 10.2. The van der Waals surface area contributed by atoms with Gasteiger partial charge in [-0.25, -0.2) is 0 Å². The van der Waals surface area contributed by atoms with E-state index in [0.29, 0.717) is 6.04 Å². The number of hydrogen-bond donors (Lipinski definition) is 1. The molecule has 0 saturated heterocycles. The normalized spacial score (nSPS) is 12.9. The standard InChI is InChI=1S/C14H25N3/c1-4-6-13(2)16-9-10-17(3)12-14-7-5-8-15-11-14/h5,7-8,11,13,16H,4,6,9-10,12H2,1-3H3. The Kier molecular flexibility index (Phi) is 6.82. The van der Waals surface area contributed by atoms with Gasteiger partial charge in [0.1, 0.15) is 0 Å². The Morgan fingerprint density at radius 1 is 1.47 bits per heavy atom. The van der Waals surface area contributed by atoms with Gasteiger partial charge < -0.3 is 10.2 Å². The maximum absolute atomic E-state index is 4.13. The van der Waals surface area contributed by atoms with Crippen LogP contribution in [0.1, 0.15) is 32.3 Å². The molecule has 0 aliphatic carbocycles. The summed E-state index contributed by atoms with van der Waals surface area (Å²) in [6.45, 7) is 7.58. The van der Waals surface area contributed by atoms with Crippen molar-refractivity contribution in [2.45, 2.75) is 39.3 Å². The molecule has 3 heteroatoms. The SMILES string of the molecule is CCCC(C)NCCN(C)Cc1cccnc1. The number of hydrogen-bond acceptors (Lipinski definition) is 3. The Labute approximate surface area is 105 Å². The first-order valence-corrected chi connectivity index (χ1v) is 6.53. The van der Waals surface area contributed by atoms with Gasteiger partial charge in [0.2, 0.25) is 0 Å². The van der Waals surface area contributed by atoms with Gasteiger partial charge >= 0.3 is 0 Å². The van der Waals surface area contributed by atoms with Crippen LogP contribution in [0.5, 0.6) is 0 Å². The zero-order valence-electron chi connectivity index (χ0n) is 11.3. The number of rotatable bonds is 8. The van der Waals surface area contributed by atoms with Gasteiger partial charge in [-0.15, -0.1) is 0 Å². The predicted molar refractivity (Wildman–Crippen MR) is 72.9 cm³/mol. The Morgan fingerprint density at radius 3 is 2.94 bits per heavy atom. The van der Waals surface area contributed by atoms with Crippen molar-refractivity contribution in [3.63, 3.8) is 0 Å². The quantitative estimate of drug-likeness (QED) is 0.749. The lowest BCUT2D eigenvalue weighted by molar-refractivity contribution is 0.316. The summed E-state index contributed by atoms with van der Waals surface area (Å²) in [4.78, 5) is 6.45. The van der Waals surface area contributed by atoms with Gasteiger partial charge in [0.15, 0.2) is 0 Å². The first-order valence-electron chi connectivity index (χ1n) is 6.53. The van der Waals surface area contributed by atoms with E-state index >= 15 is 0 Å². The van der Waals surface area contributed by atoms with Crippen LogP contribution in [-0.2, 0) is 6.54 Å². The van der Waals surface area contributed by atoms with Crippen LogP contribution < -0.4 is 5.32 Å². The highest BCUT2D eigenvalue weighted by Gasteiger charge is 2.02. The molecule has 0 radical (unpaired) electrons. The van der Waals surface area contributed by atoms with Gasteiger partial charge in [-0.2, -0.15) is 0 Å². The van der Waals surface area contributed by atoms with E-state index in [1.165, 1.54) is 18.4 Å². The molecule has 0 aliphatic rings. The molecular weight excluding hydrogens is 210 g/mol. The highest BCUT2D eigenvalue weighted by Crippen LogP contribution is 2.00. The van der Waals surface area contributed by atoms with E-state index in [1.807, 2.05) is 18.5 Å². The minimum atomic E-state index is 0.631. The molecule has 0 amide bonds.